The van der Waals surface area contributed by atoms with Crippen LogP contribution in [0.1, 0.15) is 16.7 Å². The Hall–Kier alpha value is -1.99. The molecule has 0 aromatic heterocycles. The van der Waals surface area contributed by atoms with Crippen molar-refractivity contribution in [2.45, 2.75) is 12.4 Å². The van der Waals surface area contributed by atoms with Gasteiger partial charge in [-0.2, -0.15) is 26.3 Å². The fourth-order valence-corrected chi connectivity index (χ4v) is 1.31. The van der Waals surface area contributed by atoms with Crippen LogP contribution in [0.3, 0.4) is 0 Å². The molecule has 0 atom stereocenters. The van der Waals surface area contributed by atoms with Gasteiger partial charge in [0.2, 0.25) is 5.91 Å². The number of alkyl halides is 6. The SMILES string of the molecule is NC(=O)/C=C\c1cc(C(F)(F)F)ccc1C(F)(F)F. The summed E-state index contributed by atoms with van der Waals surface area (Å²) in [6, 6.07) is 0.941. The number of hydrogen-bond donors (Lipinski definition) is 1. The molecule has 2 nitrogen and oxygen atoms in total. The predicted molar refractivity (Wildman–Crippen MR) is 54.7 cm³/mol. The maximum atomic E-state index is 12.6. The molecule has 0 bridgehead atoms. The van der Waals surface area contributed by atoms with Gasteiger partial charge >= 0.3 is 12.4 Å². The third-order valence-electron chi connectivity index (χ3n) is 2.11. The van der Waals surface area contributed by atoms with Crippen LogP contribution in [0.25, 0.3) is 6.08 Å². The predicted octanol–water partition coefficient (Wildman–Crippen LogP) is 3.22. The first-order chi connectivity index (χ1) is 8.51. The van der Waals surface area contributed by atoms with E-state index in [4.69, 9.17) is 5.73 Å². The highest BCUT2D eigenvalue weighted by atomic mass is 19.4. The van der Waals surface area contributed by atoms with Crippen molar-refractivity contribution in [3.8, 4) is 0 Å². The zero-order chi connectivity index (χ0) is 14.8. The van der Waals surface area contributed by atoms with Crippen LogP contribution in [-0.2, 0) is 17.1 Å². The quantitative estimate of drug-likeness (QED) is 0.657. The lowest BCUT2D eigenvalue weighted by molar-refractivity contribution is -0.141. The molecule has 0 aliphatic rings. The molecular weight excluding hydrogens is 276 g/mol. The van der Waals surface area contributed by atoms with E-state index in [9.17, 15) is 31.1 Å². The molecule has 0 spiro atoms. The highest BCUT2D eigenvalue weighted by molar-refractivity contribution is 5.90. The summed E-state index contributed by atoms with van der Waals surface area (Å²) in [6.45, 7) is 0. The van der Waals surface area contributed by atoms with Crippen molar-refractivity contribution < 1.29 is 31.1 Å². The van der Waals surface area contributed by atoms with E-state index in [1.165, 1.54) is 0 Å². The maximum Gasteiger partial charge on any atom is 0.416 e. The van der Waals surface area contributed by atoms with Crippen LogP contribution in [0.5, 0.6) is 0 Å². The third kappa shape index (κ3) is 4.01. The van der Waals surface area contributed by atoms with Gasteiger partial charge < -0.3 is 5.73 Å². The Bertz CT molecular complexity index is 515. The minimum Gasteiger partial charge on any atom is -0.366 e. The van der Waals surface area contributed by atoms with Crippen LogP contribution < -0.4 is 5.73 Å². The van der Waals surface area contributed by atoms with E-state index < -0.39 is 35.0 Å². The monoisotopic (exact) mass is 283 g/mol. The highest BCUT2D eigenvalue weighted by Gasteiger charge is 2.36. The van der Waals surface area contributed by atoms with Crippen LogP contribution in [0.15, 0.2) is 24.3 Å². The molecule has 104 valence electrons. The van der Waals surface area contributed by atoms with Gasteiger partial charge in [-0.05, 0) is 29.8 Å². The number of primary amides is 1. The minimum atomic E-state index is -4.83. The van der Waals surface area contributed by atoms with Crippen molar-refractivity contribution in [1.82, 2.24) is 0 Å². The second-order valence-corrected chi connectivity index (χ2v) is 3.53. The lowest BCUT2D eigenvalue weighted by atomic mass is 10.0. The van der Waals surface area contributed by atoms with E-state index in [0.717, 1.165) is 0 Å². The van der Waals surface area contributed by atoms with Crippen molar-refractivity contribution in [3.05, 3.63) is 41.0 Å². The summed E-state index contributed by atoms with van der Waals surface area (Å²) in [4.78, 5) is 10.4. The van der Waals surface area contributed by atoms with E-state index in [0.29, 0.717) is 30.4 Å². The molecule has 0 unspecified atom stereocenters. The molecule has 2 N–H and O–H groups in total. The molecule has 19 heavy (non-hydrogen) atoms. The summed E-state index contributed by atoms with van der Waals surface area (Å²) < 4.78 is 74.9. The molecule has 0 aliphatic carbocycles. The van der Waals surface area contributed by atoms with E-state index in [1.54, 1.807) is 0 Å². The van der Waals surface area contributed by atoms with Crippen LogP contribution >= 0.6 is 0 Å². The van der Waals surface area contributed by atoms with E-state index >= 15 is 0 Å². The van der Waals surface area contributed by atoms with Gasteiger partial charge in [0.05, 0.1) is 11.1 Å². The zero-order valence-electron chi connectivity index (χ0n) is 9.14. The third-order valence-corrected chi connectivity index (χ3v) is 2.11. The number of rotatable bonds is 2. The van der Waals surface area contributed by atoms with Crippen molar-refractivity contribution in [3.63, 3.8) is 0 Å². The van der Waals surface area contributed by atoms with Gasteiger partial charge in [0, 0.05) is 6.08 Å². The average Bonchev–Trinajstić information content (AvgIpc) is 2.23. The lowest BCUT2D eigenvalue weighted by Crippen LogP contribution is -2.11. The lowest BCUT2D eigenvalue weighted by Gasteiger charge is -2.13. The molecular formula is C11H7F6NO. The Kier molecular flexibility index (Phi) is 3.92. The number of carbonyl (C=O) groups is 1. The molecule has 0 aliphatic heterocycles. The topological polar surface area (TPSA) is 43.1 Å². The highest BCUT2D eigenvalue weighted by Crippen LogP contribution is 2.36. The molecule has 1 rings (SSSR count). The fourth-order valence-electron chi connectivity index (χ4n) is 1.31. The minimum absolute atomic E-state index is 0.308. The van der Waals surface area contributed by atoms with Crippen molar-refractivity contribution in [2.24, 2.45) is 5.73 Å². The van der Waals surface area contributed by atoms with Gasteiger partial charge in [0.25, 0.3) is 0 Å². The van der Waals surface area contributed by atoms with Gasteiger partial charge in [-0.3, -0.25) is 4.79 Å². The number of benzene rings is 1. The molecule has 0 saturated heterocycles. The van der Waals surface area contributed by atoms with Gasteiger partial charge in [0.1, 0.15) is 0 Å². The Labute approximate surface area is 103 Å². The number of carbonyl (C=O) groups excluding carboxylic acids is 1. The van der Waals surface area contributed by atoms with Gasteiger partial charge in [-0.1, -0.05) is 0 Å². The average molecular weight is 283 g/mol. The maximum absolute atomic E-state index is 12.6. The van der Waals surface area contributed by atoms with Crippen LogP contribution in [-0.4, -0.2) is 5.91 Å². The van der Waals surface area contributed by atoms with Crippen LogP contribution in [0.4, 0.5) is 26.3 Å². The number of nitrogens with two attached hydrogens (primary N) is 1. The smallest absolute Gasteiger partial charge is 0.366 e. The van der Waals surface area contributed by atoms with E-state index in [1.807, 2.05) is 0 Å². The molecule has 0 saturated carbocycles. The molecule has 1 amide bonds. The molecule has 1 aromatic rings. The molecule has 1 aromatic carbocycles. The first-order valence-corrected chi connectivity index (χ1v) is 4.78. The van der Waals surface area contributed by atoms with Crippen LogP contribution in [0.2, 0.25) is 0 Å². The number of hydrogen-bond acceptors (Lipinski definition) is 1. The number of amides is 1. The Balaban J connectivity index is 3.39. The van der Waals surface area contributed by atoms with Gasteiger partial charge in [-0.15, -0.1) is 0 Å². The van der Waals surface area contributed by atoms with Crippen LogP contribution in [0, 0.1) is 0 Å². The Morgan fingerprint density at radius 3 is 2.05 bits per heavy atom. The number of halogens is 6. The standard InChI is InChI=1S/C11H7F6NO/c12-10(13,14)7-2-3-8(11(15,16)17)6(5-7)1-4-9(18)19/h1-5H,(H2,18,19)/b4-1-. The summed E-state index contributed by atoms with van der Waals surface area (Å²) in [6.07, 6.45) is -8.45. The van der Waals surface area contributed by atoms with E-state index in [-0.39, 0.29) is 0 Å². The van der Waals surface area contributed by atoms with Crippen molar-refractivity contribution in [1.29, 1.82) is 0 Å². The fraction of sp³-hybridized carbons (Fsp3) is 0.182. The molecule has 0 fully saturated rings. The van der Waals surface area contributed by atoms with Gasteiger partial charge in [0.15, 0.2) is 0 Å². The summed E-state index contributed by atoms with van der Waals surface area (Å²) in [5.74, 6) is -1.06. The Morgan fingerprint density at radius 2 is 1.63 bits per heavy atom. The van der Waals surface area contributed by atoms with Crippen molar-refractivity contribution >= 4 is 12.0 Å². The summed E-state index contributed by atoms with van der Waals surface area (Å²) in [7, 11) is 0. The normalized spacial score (nSPS) is 12.9. The molecule has 0 heterocycles. The largest absolute Gasteiger partial charge is 0.416 e. The first kappa shape index (κ1) is 15.1. The van der Waals surface area contributed by atoms with Gasteiger partial charge in [-0.25, -0.2) is 0 Å². The first-order valence-electron chi connectivity index (χ1n) is 4.78. The summed E-state index contributed by atoms with van der Waals surface area (Å²) in [5.41, 5.74) is 1.39. The van der Waals surface area contributed by atoms with E-state index in [2.05, 4.69) is 0 Å². The Morgan fingerprint density at radius 1 is 1.05 bits per heavy atom. The molecule has 0 radical (unpaired) electrons. The zero-order valence-corrected chi connectivity index (χ0v) is 9.14. The summed E-state index contributed by atoms with van der Waals surface area (Å²) in [5, 5.41) is 0. The molecule has 8 heteroatoms. The second-order valence-electron chi connectivity index (χ2n) is 3.53. The second kappa shape index (κ2) is 4.94. The van der Waals surface area contributed by atoms with Crippen molar-refractivity contribution in [2.75, 3.05) is 0 Å². The summed E-state index contributed by atoms with van der Waals surface area (Å²) >= 11 is 0.